The van der Waals surface area contributed by atoms with Crippen LogP contribution >= 0.6 is 11.6 Å². The Morgan fingerprint density at radius 2 is 2.13 bits per heavy atom. The van der Waals surface area contributed by atoms with Crippen molar-refractivity contribution in [2.75, 3.05) is 20.1 Å². The molecule has 0 unspecified atom stereocenters. The third-order valence-electron chi connectivity index (χ3n) is 3.48. The van der Waals surface area contributed by atoms with Crippen LogP contribution in [-0.2, 0) is 19.4 Å². The van der Waals surface area contributed by atoms with Crippen molar-refractivity contribution in [2.24, 2.45) is 4.99 Å². The topological polar surface area (TPSA) is 67.1 Å². The van der Waals surface area contributed by atoms with E-state index in [4.69, 9.17) is 11.6 Å². The third-order valence-corrected chi connectivity index (χ3v) is 3.71. The van der Waals surface area contributed by atoms with Gasteiger partial charge in [0, 0.05) is 38.1 Å². The maximum Gasteiger partial charge on any atom is 0.191 e. The van der Waals surface area contributed by atoms with E-state index >= 15 is 0 Å². The summed E-state index contributed by atoms with van der Waals surface area (Å²) in [5.41, 5.74) is 1.21. The van der Waals surface area contributed by atoms with E-state index in [9.17, 15) is 0 Å². The highest BCUT2D eigenvalue weighted by Gasteiger charge is 2.02. The lowest BCUT2D eigenvalue weighted by Crippen LogP contribution is -2.39. The summed E-state index contributed by atoms with van der Waals surface area (Å²) in [5, 5.41) is 15.4. The average Bonchev–Trinajstić information content (AvgIpc) is 3.01. The fourth-order valence-corrected chi connectivity index (χ4v) is 2.49. The molecule has 2 rings (SSSR count). The second kappa shape index (κ2) is 9.15. The number of benzene rings is 1. The van der Waals surface area contributed by atoms with Crippen LogP contribution in [0.25, 0.3) is 0 Å². The van der Waals surface area contributed by atoms with Gasteiger partial charge in [0.05, 0.1) is 0 Å². The maximum absolute atomic E-state index is 5.99. The number of aromatic nitrogens is 3. The van der Waals surface area contributed by atoms with Gasteiger partial charge in [-0.1, -0.05) is 30.7 Å². The first kappa shape index (κ1) is 17.3. The minimum atomic E-state index is 0.766. The van der Waals surface area contributed by atoms with E-state index in [-0.39, 0.29) is 0 Å². The molecule has 0 bridgehead atoms. The van der Waals surface area contributed by atoms with E-state index in [1.54, 1.807) is 13.4 Å². The van der Waals surface area contributed by atoms with Crippen LogP contribution in [0, 0.1) is 0 Å². The molecule has 0 aliphatic carbocycles. The van der Waals surface area contributed by atoms with Crippen molar-refractivity contribution in [2.45, 2.75) is 26.3 Å². The number of hydrogen-bond donors (Lipinski definition) is 2. The van der Waals surface area contributed by atoms with E-state index in [0.717, 1.165) is 49.3 Å². The number of rotatable bonds is 7. The van der Waals surface area contributed by atoms with Crippen molar-refractivity contribution in [3.8, 4) is 0 Å². The standard InChI is InChI=1S/C16H23ClN6/c1-3-15-22-21-12-23(15)10-9-20-16(18-2)19-8-7-13-5-4-6-14(17)11-13/h4-6,11-12H,3,7-10H2,1-2H3,(H2,18,19,20). The molecule has 0 atom stereocenters. The van der Waals surface area contributed by atoms with Gasteiger partial charge >= 0.3 is 0 Å². The van der Waals surface area contributed by atoms with E-state index in [1.807, 2.05) is 22.8 Å². The zero-order valence-electron chi connectivity index (χ0n) is 13.6. The van der Waals surface area contributed by atoms with E-state index in [2.05, 4.69) is 38.8 Å². The lowest BCUT2D eigenvalue weighted by molar-refractivity contribution is 0.632. The van der Waals surface area contributed by atoms with Crippen LogP contribution < -0.4 is 10.6 Å². The van der Waals surface area contributed by atoms with Crippen LogP contribution in [0.15, 0.2) is 35.6 Å². The summed E-state index contributed by atoms with van der Waals surface area (Å²) in [6.07, 6.45) is 3.54. The summed E-state index contributed by atoms with van der Waals surface area (Å²) in [6.45, 7) is 4.45. The monoisotopic (exact) mass is 334 g/mol. The number of guanidine groups is 1. The Labute approximate surface area is 142 Å². The van der Waals surface area contributed by atoms with Crippen molar-refractivity contribution in [3.05, 3.63) is 47.0 Å². The van der Waals surface area contributed by atoms with E-state index < -0.39 is 0 Å². The maximum atomic E-state index is 5.99. The highest BCUT2D eigenvalue weighted by Crippen LogP contribution is 2.10. The molecule has 0 amide bonds. The van der Waals surface area contributed by atoms with Crippen LogP contribution in [0.3, 0.4) is 0 Å². The van der Waals surface area contributed by atoms with Crippen molar-refractivity contribution in [1.82, 2.24) is 25.4 Å². The quantitative estimate of drug-likeness (QED) is 0.599. The molecule has 0 saturated carbocycles. The fourth-order valence-electron chi connectivity index (χ4n) is 2.27. The molecule has 1 aromatic heterocycles. The number of aryl methyl sites for hydroxylation is 1. The molecule has 6 nitrogen and oxygen atoms in total. The summed E-state index contributed by atoms with van der Waals surface area (Å²) in [6, 6.07) is 7.91. The fraction of sp³-hybridized carbons (Fsp3) is 0.438. The van der Waals surface area contributed by atoms with Crippen LogP contribution in [-0.4, -0.2) is 40.9 Å². The van der Waals surface area contributed by atoms with Gasteiger partial charge < -0.3 is 15.2 Å². The zero-order chi connectivity index (χ0) is 16.5. The minimum absolute atomic E-state index is 0.766. The second-order valence-electron chi connectivity index (χ2n) is 5.10. The molecule has 7 heteroatoms. The molecule has 0 spiro atoms. The Hall–Kier alpha value is -2.08. The molecular weight excluding hydrogens is 312 g/mol. The van der Waals surface area contributed by atoms with Gasteiger partial charge in [0.1, 0.15) is 12.2 Å². The van der Waals surface area contributed by atoms with Gasteiger partial charge in [-0.25, -0.2) is 0 Å². The van der Waals surface area contributed by atoms with Gasteiger partial charge in [0.25, 0.3) is 0 Å². The highest BCUT2D eigenvalue weighted by atomic mass is 35.5. The summed E-state index contributed by atoms with van der Waals surface area (Å²) in [7, 11) is 1.77. The zero-order valence-corrected chi connectivity index (χ0v) is 14.3. The number of halogens is 1. The van der Waals surface area contributed by atoms with Crippen LogP contribution in [0.2, 0.25) is 5.02 Å². The van der Waals surface area contributed by atoms with Crippen LogP contribution in [0.4, 0.5) is 0 Å². The lowest BCUT2D eigenvalue weighted by atomic mass is 10.1. The molecular formula is C16H23ClN6. The third kappa shape index (κ3) is 5.56. The Morgan fingerprint density at radius 1 is 1.30 bits per heavy atom. The van der Waals surface area contributed by atoms with Crippen LogP contribution in [0.1, 0.15) is 18.3 Å². The van der Waals surface area contributed by atoms with Crippen molar-refractivity contribution < 1.29 is 0 Å². The summed E-state index contributed by atoms with van der Waals surface area (Å²) < 4.78 is 2.05. The Balaban J connectivity index is 1.71. The number of nitrogens with zero attached hydrogens (tertiary/aromatic N) is 4. The molecule has 0 aliphatic rings. The molecule has 23 heavy (non-hydrogen) atoms. The Morgan fingerprint density at radius 3 is 2.87 bits per heavy atom. The number of aliphatic imine (C=N–C) groups is 1. The van der Waals surface area contributed by atoms with Crippen molar-refractivity contribution >= 4 is 17.6 Å². The lowest BCUT2D eigenvalue weighted by Gasteiger charge is -2.12. The summed E-state index contributed by atoms with van der Waals surface area (Å²) in [4.78, 5) is 4.23. The van der Waals surface area contributed by atoms with Crippen LogP contribution in [0.5, 0.6) is 0 Å². The van der Waals surface area contributed by atoms with Gasteiger partial charge in [0.2, 0.25) is 0 Å². The SMILES string of the molecule is CCc1nncn1CCNC(=NC)NCCc1cccc(Cl)c1. The molecule has 0 aliphatic heterocycles. The molecule has 0 fully saturated rings. The first-order valence-electron chi connectivity index (χ1n) is 7.78. The van der Waals surface area contributed by atoms with Gasteiger partial charge in [-0.15, -0.1) is 10.2 Å². The largest absolute Gasteiger partial charge is 0.356 e. The van der Waals surface area contributed by atoms with Gasteiger partial charge in [0.15, 0.2) is 5.96 Å². The van der Waals surface area contributed by atoms with E-state index in [1.165, 1.54) is 5.56 Å². The first-order valence-corrected chi connectivity index (χ1v) is 8.16. The summed E-state index contributed by atoms with van der Waals surface area (Å²) >= 11 is 5.99. The number of hydrogen-bond acceptors (Lipinski definition) is 3. The van der Waals surface area contributed by atoms with Crippen molar-refractivity contribution in [3.63, 3.8) is 0 Å². The van der Waals surface area contributed by atoms with Gasteiger partial charge in [-0.2, -0.15) is 0 Å². The Bertz CT molecular complexity index is 637. The second-order valence-corrected chi connectivity index (χ2v) is 5.54. The molecule has 2 aromatic rings. The normalized spacial score (nSPS) is 11.5. The molecule has 124 valence electrons. The first-order chi connectivity index (χ1) is 11.2. The Kier molecular flexibility index (Phi) is 6.87. The van der Waals surface area contributed by atoms with E-state index in [0.29, 0.717) is 0 Å². The molecule has 1 heterocycles. The molecule has 2 N–H and O–H groups in total. The summed E-state index contributed by atoms with van der Waals surface area (Å²) in [5.74, 6) is 1.79. The molecule has 1 aromatic carbocycles. The van der Waals surface area contributed by atoms with Crippen molar-refractivity contribution in [1.29, 1.82) is 0 Å². The molecule has 0 saturated heterocycles. The average molecular weight is 335 g/mol. The van der Waals surface area contributed by atoms with Gasteiger partial charge in [-0.05, 0) is 24.1 Å². The molecule has 0 radical (unpaired) electrons. The highest BCUT2D eigenvalue weighted by molar-refractivity contribution is 6.30. The smallest absolute Gasteiger partial charge is 0.191 e. The predicted octanol–water partition coefficient (Wildman–Crippen LogP) is 1.90. The van der Waals surface area contributed by atoms with Gasteiger partial charge in [-0.3, -0.25) is 4.99 Å². The number of nitrogens with one attached hydrogen (secondary N) is 2. The minimum Gasteiger partial charge on any atom is -0.356 e. The predicted molar refractivity (Wildman–Crippen MR) is 93.9 cm³/mol.